The van der Waals surface area contributed by atoms with E-state index in [0.717, 1.165) is 0 Å². The molecule has 0 aliphatic heterocycles. The second kappa shape index (κ2) is 10.1. The molecule has 0 saturated carbocycles. The largest absolute Gasteiger partial charge is 2.00 e. The van der Waals surface area contributed by atoms with Gasteiger partial charge in [0.25, 0.3) is 0 Å². The van der Waals surface area contributed by atoms with Crippen LogP contribution >= 0.6 is 7.92 Å². The average molecular weight is 498 g/mol. The summed E-state index contributed by atoms with van der Waals surface area (Å²) in [7, 11) is -0.101. The number of allylic oxidation sites excluding steroid dienone is 4. The van der Waals surface area contributed by atoms with Gasteiger partial charge in [-0.05, 0) is 16.4 Å². The zero-order chi connectivity index (χ0) is 22.9. The molecule has 7 heteroatoms. The van der Waals surface area contributed by atoms with Crippen LogP contribution in [0.15, 0.2) is 72.1 Å². The van der Waals surface area contributed by atoms with Crippen molar-refractivity contribution >= 4 is 13.2 Å². The molecule has 1 aliphatic rings. The SMILES string of the molecule is CC(C)(C)P(c1ccc[cH-]1)C(C)(C)C.FC1=CC(F)(c2ccc[cH-]2)C(F)C(F)=C1F.[Fe+2]. The first-order valence-corrected chi connectivity index (χ1v) is 11.0. The minimum atomic E-state index is -2.99. The van der Waals surface area contributed by atoms with Crippen molar-refractivity contribution in [2.45, 2.75) is 63.7 Å². The number of rotatable bonds is 2. The van der Waals surface area contributed by atoms with Gasteiger partial charge in [-0.2, -0.15) is 24.3 Å². The monoisotopic (exact) mass is 498 g/mol. The van der Waals surface area contributed by atoms with Crippen LogP contribution in [0.4, 0.5) is 22.0 Å². The molecule has 3 rings (SSSR count). The van der Waals surface area contributed by atoms with Crippen molar-refractivity contribution in [1.82, 2.24) is 0 Å². The van der Waals surface area contributed by atoms with E-state index >= 15 is 0 Å². The molecule has 0 aromatic heterocycles. The van der Waals surface area contributed by atoms with Gasteiger partial charge < -0.3 is 0 Å². The molecular weight excluding hydrogens is 470 g/mol. The maximum absolute atomic E-state index is 14.1. The van der Waals surface area contributed by atoms with Crippen LogP contribution in [0.3, 0.4) is 0 Å². The van der Waals surface area contributed by atoms with E-state index in [1.165, 1.54) is 24.3 Å². The first-order chi connectivity index (χ1) is 13.7. The summed E-state index contributed by atoms with van der Waals surface area (Å²) in [5.74, 6) is -5.76. The van der Waals surface area contributed by atoms with Gasteiger partial charge in [-0.3, -0.25) is 0 Å². The third kappa shape index (κ3) is 6.18. The number of hydrogen-bond donors (Lipinski definition) is 0. The van der Waals surface area contributed by atoms with Gasteiger partial charge in [-0.1, -0.05) is 49.5 Å². The van der Waals surface area contributed by atoms with E-state index in [2.05, 4.69) is 65.8 Å². The second-order valence-electron chi connectivity index (χ2n) is 9.28. The molecule has 0 fully saturated rings. The maximum atomic E-state index is 14.1. The fourth-order valence-corrected chi connectivity index (χ4v) is 7.92. The summed E-state index contributed by atoms with van der Waals surface area (Å²) >= 11 is 0. The molecule has 31 heavy (non-hydrogen) atoms. The van der Waals surface area contributed by atoms with Crippen LogP contribution in [-0.4, -0.2) is 16.5 Å². The summed E-state index contributed by atoms with van der Waals surface area (Å²) in [6.07, 6.45) is -2.75. The molecule has 2 aromatic carbocycles. The van der Waals surface area contributed by atoms with Crippen molar-refractivity contribution < 1.29 is 39.0 Å². The van der Waals surface area contributed by atoms with Gasteiger partial charge in [0.05, 0.1) is 0 Å². The Labute approximate surface area is 193 Å². The Morgan fingerprint density at radius 3 is 1.84 bits per heavy atom. The van der Waals surface area contributed by atoms with Crippen LogP contribution in [0.5, 0.6) is 0 Å². The Morgan fingerprint density at radius 1 is 0.903 bits per heavy atom. The van der Waals surface area contributed by atoms with E-state index in [9.17, 15) is 22.0 Å². The average Bonchev–Trinajstić information content (AvgIpc) is 3.30. The van der Waals surface area contributed by atoms with E-state index in [0.29, 0.717) is 10.3 Å². The van der Waals surface area contributed by atoms with Gasteiger partial charge >= 0.3 is 17.1 Å². The van der Waals surface area contributed by atoms with E-state index in [1.54, 1.807) is 5.30 Å². The van der Waals surface area contributed by atoms with Gasteiger partial charge in [-0.25, -0.2) is 46.2 Å². The third-order valence-corrected chi connectivity index (χ3v) is 8.20. The topological polar surface area (TPSA) is 0 Å². The summed E-state index contributed by atoms with van der Waals surface area (Å²) in [6, 6.07) is 14.0. The maximum Gasteiger partial charge on any atom is 2.00 e. The van der Waals surface area contributed by atoms with Crippen molar-refractivity contribution in [1.29, 1.82) is 0 Å². The molecule has 0 radical (unpaired) electrons. The molecule has 2 atom stereocenters. The van der Waals surface area contributed by atoms with E-state index in [-0.39, 0.29) is 36.6 Å². The van der Waals surface area contributed by atoms with Crippen LogP contribution in [0.2, 0.25) is 0 Å². The van der Waals surface area contributed by atoms with Crippen LogP contribution in [0.25, 0.3) is 0 Å². The number of halogens is 5. The molecule has 0 nitrogen and oxygen atoms in total. The summed E-state index contributed by atoms with van der Waals surface area (Å²) in [4.78, 5) is 0. The zero-order valence-corrected chi connectivity index (χ0v) is 20.5. The molecule has 0 saturated heterocycles. The molecule has 0 spiro atoms. The summed E-state index contributed by atoms with van der Waals surface area (Å²) in [6.45, 7) is 14.1. The van der Waals surface area contributed by atoms with Gasteiger partial charge in [0.1, 0.15) is 0 Å². The van der Waals surface area contributed by atoms with Crippen LogP contribution in [-0.2, 0) is 22.7 Å². The Morgan fingerprint density at radius 2 is 1.42 bits per heavy atom. The second-order valence-corrected chi connectivity index (χ2v) is 13.1. The Bertz CT molecular complexity index is 872. The van der Waals surface area contributed by atoms with Crippen molar-refractivity contribution in [2.75, 3.05) is 0 Å². The molecule has 1 aliphatic carbocycles. The molecule has 0 amide bonds. The predicted octanol–water partition coefficient (Wildman–Crippen LogP) is 8.03. The quantitative estimate of drug-likeness (QED) is 0.170. The van der Waals surface area contributed by atoms with Gasteiger partial charge in [0.15, 0.2) is 29.3 Å². The summed E-state index contributed by atoms with van der Waals surface area (Å²) < 4.78 is 65.9. The van der Waals surface area contributed by atoms with Crippen LogP contribution in [0, 0.1) is 0 Å². The minimum Gasteiger partial charge on any atom is -0.235 e. The molecule has 0 heterocycles. The molecule has 0 bridgehead atoms. The first-order valence-electron chi connectivity index (χ1n) is 9.70. The summed E-state index contributed by atoms with van der Waals surface area (Å²) in [5, 5.41) is 2.32. The van der Waals surface area contributed by atoms with Gasteiger partial charge in [0.2, 0.25) is 0 Å². The van der Waals surface area contributed by atoms with E-state index in [1.807, 2.05) is 0 Å². The third-order valence-electron chi connectivity index (χ3n) is 4.70. The molecule has 0 N–H and O–H groups in total. The Balaban J connectivity index is 0.000000303. The van der Waals surface area contributed by atoms with Crippen LogP contribution in [0.1, 0.15) is 47.1 Å². The first kappa shape index (κ1) is 27.8. The molecule has 2 aromatic rings. The normalized spacial score (nSPS) is 21.9. The molecule has 172 valence electrons. The standard InChI is InChI=1S/C13H22P.C11H6F5.Fe/c1-12(2,3)14(13(4,5)6)11-9-7-8-10-11;12-7-5-11(16,6-3-1-2-4-6)10(15)9(14)8(7)13;/h7-10H,1-6H3;1-5,10H;/q2*-1;+2. The smallest absolute Gasteiger partial charge is 0.235 e. The van der Waals surface area contributed by atoms with E-state index in [4.69, 9.17) is 0 Å². The number of hydrogen-bond acceptors (Lipinski definition) is 0. The zero-order valence-electron chi connectivity index (χ0n) is 18.5. The minimum absolute atomic E-state index is 0. The van der Waals surface area contributed by atoms with Crippen molar-refractivity contribution in [3.05, 3.63) is 77.7 Å². The predicted molar refractivity (Wildman–Crippen MR) is 116 cm³/mol. The molecule has 2 unspecified atom stereocenters. The van der Waals surface area contributed by atoms with Crippen molar-refractivity contribution in [3.8, 4) is 0 Å². The van der Waals surface area contributed by atoms with Crippen molar-refractivity contribution in [3.63, 3.8) is 0 Å². The fourth-order valence-electron chi connectivity index (χ4n) is 3.88. The van der Waals surface area contributed by atoms with Crippen LogP contribution < -0.4 is 5.30 Å². The fraction of sp³-hybridized carbons (Fsp3) is 0.417. The Hall–Kier alpha value is -1.22. The molecular formula is C24H28F5FeP. The number of alkyl halides is 2. The Kier molecular flexibility index (Phi) is 9.11. The summed E-state index contributed by atoms with van der Waals surface area (Å²) in [5.41, 5.74) is -3.24. The van der Waals surface area contributed by atoms with Crippen molar-refractivity contribution in [2.24, 2.45) is 0 Å². The van der Waals surface area contributed by atoms with Gasteiger partial charge in [-0.15, -0.1) is 10.9 Å². The van der Waals surface area contributed by atoms with Gasteiger partial charge in [0, 0.05) is 0 Å². The van der Waals surface area contributed by atoms with E-state index < -0.39 is 29.3 Å².